The summed E-state index contributed by atoms with van der Waals surface area (Å²) in [4.78, 5) is 13.4. The van der Waals surface area contributed by atoms with Gasteiger partial charge in [-0.25, -0.2) is 0 Å². The topological polar surface area (TPSA) is 81.4 Å². The number of rotatable bonds is 5. The lowest BCUT2D eigenvalue weighted by Crippen LogP contribution is -2.30. The average molecular weight is 448 g/mol. The van der Waals surface area contributed by atoms with Crippen LogP contribution in [0.1, 0.15) is 12.7 Å². The van der Waals surface area contributed by atoms with Crippen LogP contribution in [0.2, 0.25) is 10.0 Å². The van der Waals surface area contributed by atoms with Crippen molar-refractivity contribution in [2.24, 2.45) is 0 Å². The molecule has 0 spiro atoms. The monoisotopic (exact) mass is 447 g/mol. The average Bonchev–Trinajstić information content (AvgIpc) is 3.26. The van der Waals surface area contributed by atoms with E-state index in [9.17, 15) is 4.79 Å². The van der Waals surface area contributed by atoms with Crippen molar-refractivity contribution in [1.29, 1.82) is 0 Å². The molecule has 2 aromatic carbocycles. The van der Waals surface area contributed by atoms with Crippen LogP contribution < -0.4 is 10.1 Å². The number of carbonyl (C=O) groups excluding carboxylic acids is 1. The largest absolute Gasteiger partial charge is 0.479 e. The minimum atomic E-state index is -0.776. The van der Waals surface area contributed by atoms with E-state index in [-0.39, 0.29) is 5.91 Å². The summed E-state index contributed by atoms with van der Waals surface area (Å²) >= 11 is 13.4. The van der Waals surface area contributed by atoms with Gasteiger partial charge in [-0.2, -0.15) is 9.61 Å². The molecule has 0 aliphatic rings. The van der Waals surface area contributed by atoms with E-state index in [4.69, 9.17) is 27.9 Å². The van der Waals surface area contributed by atoms with Gasteiger partial charge in [-0.15, -0.1) is 10.2 Å². The van der Waals surface area contributed by atoms with E-state index in [0.29, 0.717) is 32.3 Å². The maximum Gasteiger partial charge on any atom is 0.265 e. The van der Waals surface area contributed by atoms with Crippen LogP contribution in [0, 0.1) is 6.92 Å². The summed E-state index contributed by atoms with van der Waals surface area (Å²) in [5.74, 6) is 0.768. The predicted octanol–water partition coefficient (Wildman–Crippen LogP) is 4.87. The Morgan fingerprint density at radius 2 is 2.00 bits per heavy atom. The van der Waals surface area contributed by atoms with Gasteiger partial charge in [0.1, 0.15) is 10.8 Å². The maximum atomic E-state index is 12.7. The number of hydrogen-bond acceptors (Lipinski definition) is 6. The van der Waals surface area contributed by atoms with Crippen LogP contribution in [0.3, 0.4) is 0 Å². The van der Waals surface area contributed by atoms with Gasteiger partial charge in [-0.05, 0) is 44.2 Å². The second kappa shape index (κ2) is 7.98. The first kappa shape index (κ1) is 19.6. The number of anilines is 1. The van der Waals surface area contributed by atoms with Gasteiger partial charge < -0.3 is 10.1 Å². The van der Waals surface area contributed by atoms with Gasteiger partial charge >= 0.3 is 0 Å². The molecule has 148 valence electrons. The first-order valence-electron chi connectivity index (χ1n) is 8.63. The number of hydrogen-bond donors (Lipinski definition) is 1. The lowest BCUT2D eigenvalue weighted by molar-refractivity contribution is -0.122. The zero-order valence-corrected chi connectivity index (χ0v) is 17.7. The predicted molar refractivity (Wildman–Crippen MR) is 114 cm³/mol. The highest BCUT2D eigenvalue weighted by atomic mass is 35.5. The number of halogens is 2. The zero-order chi connectivity index (χ0) is 20.5. The minimum absolute atomic E-state index is 0.317. The minimum Gasteiger partial charge on any atom is -0.479 e. The van der Waals surface area contributed by atoms with Crippen molar-refractivity contribution in [2.75, 3.05) is 5.32 Å². The summed E-state index contributed by atoms with van der Waals surface area (Å²) in [6.07, 6.45) is -0.776. The molecule has 0 radical (unpaired) electrons. The summed E-state index contributed by atoms with van der Waals surface area (Å²) in [7, 11) is 0. The van der Waals surface area contributed by atoms with E-state index >= 15 is 0 Å². The van der Waals surface area contributed by atoms with Crippen LogP contribution in [0.25, 0.3) is 15.5 Å². The van der Waals surface area contributed by atoms with Crippen molar-refractivity contribution in [3.63, 3.8) is 0 Å². The Morgan fingerprint density at radius 3 is 2.76 bits per heavy atom. The Labute approximate surface area is 180 Å². The van der Waals surface area contributed by atoms with Gasteiger partial charge in [0, 0.05) is 10.6 Å². The second-order valence-corrected chi connectivity index (χ2v) is 8.02. The molecule has 0 aliphatic heterocycles. The number of aromatic nitrogens is 4. The summed E-state index contributed by atoms with van der Waals surface area (Å²) in [5.41, 5.74) is 1.41. The highest BCUT2D eigenvalue weighted by Gasteiger charge is 2.19. The third kappa shape index (κ3) is 4.05. The number of carbonyl (C=O) groups is 1. The fourth-order valence-corrected chi connectivity index (χ4v) is 4.03. The second-order valence-electron chi connectivity index (χ2n) is 6.22. The van der Waals surface area contributed by atoms with Crippen LogP contribution in [0.15, 0.2) is 42.5 Å². The van der Waals surface area contributed by atoms with Gasteiger partial charge in [0.05, 0.1) is 10.7 Å². The summed E-state index contributed by atoms with van der Waals surface area (Å²) in [6, 6.07) is 12.3. The van der Waals surface area contributed by atoms with Crippen molar-refractivity contribution >= 4 is 51.1 Å². The molecule has 0 bridgehead atoms. The lowest BCUT2D eigenvalue weighted by Gasteiger charge is -2.16. The third-order valence-electron chi connectivity index (χ3n) is 4.13. The molecular formula is C19H15Cl2N5O2S. The molecule has 0 saturated carbocycles. The van der Waals surface area contributed by atoms with Crippen LogP contribution in [-0.2, 0) is 4.79 Å². The molecule has 1 unspecified atom stereocenters. The molecule has 1 atom stereocenters. The lowest BCUT2D eigenvalue weighted by atomic mass is 10.2. The smallest absolute Gasteiger partial charge is 0.265 e. The molecule has 29 heavy (non-hydrogen) atoms. The first-order chi connectivity index (χ1) is 13.9. The number of fused-ring (bicyclic) bond motifs is 1. The Bertz CT molecular complexity index is 1210. The Morgan fingerprint density at radius 1 is 1.21 bits per heavy atom. The van der Waals surface area contributed by atoms with Crippen LogP contribution in [0.4, 0.5) is 5.69 Å². The third-order valence-corrected chi connectivity index (χ3v) is 5.59. The van der Waals surface area contributed by atoms with Gasteiger partial charge in [-0.1, -0.05) is 46.7 Å². The van der Waals surface area contributed by atoms with Crippen LogP contribution in [0.5, 0.6) is 5.75 Å². The summed E-state index contributed by atoms with van der Waals surface area (Å²) < 4.78 is 7.37. The van der Waals surface area contributed by atoms with Gasteiger partial charge in [0.25, 0.3) is 5.91 Å². The molecule has 0 aliphatic carbocycles. The zero-order valence-electron chi connectivity index (χ0n) is 15.4. The quantitative estimate of drug-likeness (QED) is 0.471. The molecule has 7 nitrogen and oxygen atoms in total. The molecule has 4 rings (SSSR count). The molecule has 2 heterocycles. The first-order valence-corrected chi connectivity index (χ1v) is 10.2. The number of benzene rings is 2. The number of amides is 1. The Hall–Kier alpha value is -2.68. The van der Waals surface area contributed by atoms with E-state index < -0.39 is 6.10 Å². The normalized spacial score (nSPS) is 12.1. The van der Waals surface area contributed by atoms with Crippen molar-refractivity contribution in [2.45, 2.75) is 20.0 Å². The van der Waals surface area contributed by atoms with Crippen LogP contribution >= 0.6 is 34.5 Å². The molecule has 1 N–H and O–H groups in total. The molecule has 1 amide bonds. The van der Waals surface area contributed by atoms with E-state index in [1.54, 1.807) is 29.6 Å². The van der Waals surface area contributed by atoms with E-state index in [0.717, 1.165) is 10.6 Å². The number of aryl methyl sites for hydroxylation is 1. The Kier molecular flexibility index (Phi) is 5.40. The van der Waals surface area contributed by atoms with Crippen molar-refractivity contribution < 1.29 is 9.53 Å². The number of nitrogens with zero attached hydrogens (tertiary/aromatic N) is 4. The van der Waals surface area contributed by atoms with Gasteiger partial charge in [-0.3, -0.25) is 4.79 Å². The molecular weight excluding hydrogens is 433 g/mol. The number of ether oxygens (including phenoxy) is 1. The SMILES string of the molecule is Cc1nnc2sc(-c3ccccc3NC(=O)C(C)Oc3ccc(Cl)cc3Cl)nn12. The van der Waals surface area contributed by atoms with E-state index in [1.165, 1.54) is 11.3 Å². The summed E-state index contributed by atoms with van der Waals surface area (Å²) in [6.45, 7) is 3.48. The fourth-order valence-electron chi connectivity index (χ4n) is 2.65. The highest BCUT2D eigenvalue weighted by Crippen LogP contribution is 2.32. The van der Waals surface area contributed by atoms with Crippen molar-refractivity contribution in [3.8, 4) is 16.3 Å². The molecule has 2 aromatic heterocycles. The fraction of sp³-hybridized carbons (Fsp3) is 0.158. The highest BCUT2D eigenvalue weighted by molar-refractivity contribution is 7.19. The van der Waals surface area contributed by atoms with Gasteiger partial charge in [0.15, 0.2) is 11.9 Å². The summed E-state index contributed by atoms with van der Waals surface area (Å²) in [5, 5.41) is 17.1. The Balaban J connectivity index is 1.55. The van der Waals surface area contributed by atoms with Crippen molar-refractivity contribution in [1.82, 2.24) is 19.8 Å². The standard InChI is InChI=1S/C19H15Cl2N5O2S/c1-10(28-16-8-7-12(20)9-14(16)21)17(27)22-15-6-4-3-5-13(15)18-25-26-11(2)23-24-19(26)29-18/h3-10H,1-2H3,(H,22,27). The van der Waals surface area contributed by atoms with Crippen LogP contribution in [-0.4, -0.2) is 31.8 Å². The van der Waals surface area contributed by atoms with E-state index in [2.05, 4.69) is 20.6 Å². The van der Waals surface area contributed by atoms with Crippen molar-refractivity contribution in [3.05, 3.63) is 58.3 Å². The molecule has 10 heteroatoms. The van der Waals surface area contributed by atoms with E-state index in [1.807, 2.05) is 31.2 Å². The molecule has 0 saturated heterocycles. The number of para-hydroxylation sites is 1. The number of nitrogens with one attached hydrogen (secondary N) is 1. The molecule has 0 fully saturated rings. The molecule has 4 aromatic rings. The maximum absolute atomic E-state index is 12.7. The van der Waals surface area contributed by atoms with Gasteiger partial charge in [0.2, 0.25) is 4.96 Å².